The number of nitrogens with two attached hydrogens (primary N) is 2. The Morgan fingerprint density at radius 3 is 2.83 bits per heavy atom. The maximum absolute atomic E-state index is 13.5. The zero-order valence-electron chi connectivity index (χ0n) is 16.8. The molecule has 1 saturated heterocycles. The van der Waals surface area contributed by atoms with Gasteiger partial charge in [0.25, 0.3) is 0 Å². The molecule has 2 heterocycles. The number of rotatable bonds is 6. The molecule has 1 aliphatic heterocycles. The van der Waals surface area contributed by atoms with Gasteiger partial charge in [0, 0.05) is 29.4 Å². The molecular weight excluding hydrogens is 406 g/mol. The van der Waals surface area contributed by atoms with Gasteiger partial charge >= 0.3 is 0 Å². The number of allylic oxidation sites excluding steroid dienone is 1. The summed E-state index contributed by atoms with van der Waals surface area (Å²) in [5.74, 6) is 6.84. The van der Waals surface area contributed by atoms with Crippen LogP contribution in [0, 0.1) is 11.8 Å². The number of hydrazine groups is 1. The molecule has 2 aliphatic rings. The van der Waals surface area contributed by atoms with Crippen LogP contribution < -0.4 is 11.6 Å². The Kier molecular flexibility index (Phi) is 5.73. The fourth-order valence-electron chi connectivity index (χ4n) is 4.05. The van der Waals surface area contributed by atoms with Crippen LogP contribution in [0.15, 0.2) is 30.1 Å². The molecule has 0 radical (unpaired) electrons. The first-order valence-electron chi connectivity index (χ1n) is 10.2. The number of thiazole rings is 1. The van der Waals surface area contributed by atoms with Gasteiger partial charge in [0.2, 0.25) is 5.91 Å². The first-order chi connectivity index (χ1) is 13.8. The van der Waals surface area contributed by atoms with Crippen LogP contribution in [-0.4, -0.2) is 33.4 Å². The molecule has 4 N–H and O–H groups in total. The predicted octanol–water partition coefficient (Wildman–Crippen LogP) is 4.02. The highest BCUT2D eigenvalue weighted by atomic mass is 35.5. The summed E-state index contributed by atoms with van der Waals surface area (Å²) in [5, 5.41) is 3.16. The Bertz CT molecular complexity index is 938. The standard InChI is InChI=1S/C21H28ClN5OS/c1-12(2)19(27(24)11-15(23)13-5-6-13)21(28)26-9-3-4-17(26)20-25-16-10-14(22)7-8-18(16)29-20/h7-8,10-13,17,19H,3-6,9,23-24H2,1-2H3/b15-11-. The molecule has 0 spiro atoms. The summed E-state index contributed by atoms with van der Waals surface area (Å²) in [5.41, 5.74) is 7.80. The number of benzene rings is 1. The summed E-state index contributed by atoms with van der Waals surface area (Å²) < 4.78 is 1.09. The average Bonchev–Trinajstić information content (AvgIpc) is 3.24. The number of halogens is 1. The predicted molar refractivity (Wildman–Crippen MR) is 118 cm³/mol. The third kappa shape index (κ3) is 4.22. The third-order valence-electron chi connectivity index (χ3n) is 5.74. The van der Waals surface area contributed by atoms with Crippen molar-refractivity contribution in [3.63, 3.8) is 0 Å². The van der Waals surface area contributed by atoms with E-state index in [-0.39, 0.29) is 17.9 Å². The molecule has 0 bridgehead atoms. The molecule has 2 unspecified atom stereocenters. The summed E-state index contributed by atoms with van der Waals surface area (Å²) in [6.07, 6.45) is 5.83. The molecule has 29 heavy (non-hydrogen) atoms. The Labute approximate surface area is 180 Å². The lowest BCUT2D eigenvalue weighted by atomic mass is 10.0. The number of amides is 1. The van der Waals surface area contributed by atoms with Crippen LogP contribution in [0.4, 0.5) is 0 Å². The number of likely N-dealkylation sites (tertiary alicyclic amines) is 1. The summed E-state index contributed by atoms with van der Waals surface area (Å²) in [7, 11) is 0. The molecule has 4 rings (SSSR count). The largest absolute Gasteiger partial charge is 0.401 e. The third-order valence-corrected chi connectivity index (χ3v) is 7.11. The Morgan fingerprint density at radius 2 is 2.14 bits per heavy atom. The first kappa shape index (κ1) is 20.4. The second-order valence-electron chi connectivity index (χ2n) is 8.39. The molecule has 8 heteroatoms. The van der Waals surface area contributed by atoms with Crippen molar-refractivity contribution < 1.29 is 4.79 Å². The lowest BCUT2D eigenvalue weighted by Gasteiger charge is -2.34. The van der Waals surface area contributed by atoms with Crippen LogP contribution in [0.5, 0.6) is 0 Å². The monoisotopic (exact) mass is 433 g/mol. The van der Waals surface area contributed by atoms with E-state index in [0.717, 1.165) is 53.1 Å². The first-order valence-corrected chi connectivity index (χ1v) is 11.4. The van der Waals surface area contributed by atoms with Crippen molar-refractivity contribution in [1.82, 2.24) is 14.9 Å². The van der Waals surface area contributed by atoms with Crippen LogP contribution in [-0.2, 0) is 4.79 Å². The maximum atomic E-state index is 13.5. The van der Waals surface area contributed by atoms with Crippen molar-refractivity contribution in [1.29, 1.82) is 0 Å². The number of carbonyl (C=O) groups excluding carboxylic acids is 1. The zero-order valence-corrected chi connectivity index (χ0v) is 18.4. The molecule has 1 aromatic carbocycles. The van der Waals surface area contributed by atoms with Gasteiger partial charge in [-0.05, 0) is 49.8 Å². The van der Waals surface area contributed by atoms with E-state index in [2.05, 4.69) is 0 Å². The SMILES string of the molecule is CC(C)C(C(=O)N1CCCC1c1nc2cc(Cl)ccc2s1)N(N)/C=C(\N)C1CC1. The van der Waals surface area contributed by atoms with Gasteiger partial charge in [-0.25, -0.2) is 10.8 Å². The van der Waals surface area contributed by atoms with Gasteiger partial charge in [0.1, 0.15) is 11.0 Å². The summed E-state index contributed by atoms with van der Waals surface area (Å²) >= 11 is 7.75. The molecule has 1 aromatic heterocycles. The summed E-state index contributed by atoms with van der Waals surface area (Å²) in [6.45, 7) is 4.77. The molecule has 6 nitrogen and oxygen atoms in total. The highest BCUT2D eigenvalue weighted by molar-refractivity contribution is 7.18. The normalized spacial score (nSPS) is 21.2. The Hall–Kier alpha value is -1.83. The second-order valence-corrected chi connectivity index (χ2v) is 9.89. The number of hydrogen-bond acceptors (Lipinski definition) is 6. The molecule has 1 amide bonds. The van der Waals surface area contributed by atoms with Gasteiger partial charge in [-0.3, -0.25) is 4.79 Å². The average molecular weight is 434 g/mol. The van der Waals surface area contributed by atoms with Crippen LogP contribution >= 0.6 is 22.9 Å². The van der Waals surface area contributed by atoms with Crippen LogP contribution in [0.25, 0.3) is 10.2 Å². The molecule has 1 saturated carbocycles. The minimum atomic E-state index is -0.447. The quantitative estimate of drug-likeness (QED) is 0.530. The topological polar surface area (TPSA) is 88.5 Å². The molecule has 2 atom stereocenters. The minimum Gasteiger partial charge on any atom is -0.401 e. The fourth-order valence-corrected chi connectivity index (χ4v) is 5.31. The van der Waals surface area contributed by atoms with E-state index in [4.69, 9.17) is 28.2 Å². The molecular formula is C21H28ClN5OS. The fraction of sp³-hybridized carbons (Fsp3) is 0.524. The summed E-state index contributed by atoms with van der Waals surface area (Å²) in [4.78, 5) is 20.3. The van der Waals surface area contributed by atoms with E-state index in [1.807, 2.05) is 36.9 Å². The van der Waals surface area contributed by atoms with Gasteiger partial charge < -0.3 is 15.6 Å². The van der Waals surface area contributed by atoms with Crippen molar-refractivity contribution in [3.05, 3.63) is 40.1 Å². The maximum Gasteiger partial charge on any atom is 0.247 e. The van der Waals surface area contributed by atoms with Crippen molar-refractivity contribution in [2.75, 3.05) is 6.54 Å². The number of carbonyl (C=O) groups is 1. The van der Waals surface area contributed by atoms with E-state index in [1.165, 1.54) is 5.01 Å². The van der Waals surface area contributed by atoms with E-state index in [9.17, 15) is 4.79 Å². The minimum absolute atomic E-state index is 0.0157. The van der Waals surface area contributed by atoms with Crippen LogP contribution in [0.1, 0.15) is 50.6 Å². The number of fused-ring (bicyclic) bond motifs is 1. The summed E-state index contributed by atoms with van der Waals surface area (Å²) in [6, 6.07) is 5.28. The van der Waals surface area contributed by atoms with E-state index in [0.29, 0.717) is 10.9 Å². The number of nitrogens with zero attached hydrogens (tertiary/aromatic N) is 3. The molecule has 156 valence electrons. The molecule has 2 aromatic rings. The number of hydrogen-bond donors (Lipinski definition) is 2. The van der Waals surface area contributed by atoms with E-state index in [1.54, 1.807) is 17.5 Å². The Balaban J connectivity index is 1.58. The smallest absolute Gasteiger partial charge is 0.247 e. The van der Waals surface area contributed by atoms with E-state index >= 15 is 0 Å². The molecule has 2 fully saturated rings. The van der Waals surface area contributed by atoms with Crippen LogP contribution in [0.3, 0.4) is 0 Å². The van der Waals surface area contributed by atoms with Crippen LogP contribution in [0.2, 0.25) is 5.02 Å². The second kappa shape index (κ2) is 8.13. The number of aromatic nitrogens is 1. The van der Waals surface area contributed by atoms with Gasteiger partial charge in [0.15, 0.2) is 0 Å². The van der Waals surface area contributed by atoms with Crippen molar-refractivity contribution in [3.8, 4) is 0 Å². The molecule has 1 aliphatic carbocycles. The lowest BCUT2D eigenvalue weighted by Crippen LogP contribution is -2.52. The van der Waals surface area contributed by atoms with Gasteiger partial charge in [0.05, 0.1) is 16.3 Å². The van der Waals surface area contributed by atoms with E-state index < -0.39 is 6.04 Å². The van der Waals surface area contributed by atoms with Crippen molar-refractivity contribution >= 4 is 39.1 Å². The van der Waals surface area contributed by atoms with Gasteiger partial charge in [-0.15, -0.1) is 11.3 Å². The highest BCUT2D eigenvalue weighted by Crippen LogP contribution is 2.38. The lowest BCUT2D eigenvalue weighted by molar-refractivity contribution is -0.138. The van der Waals surface area contributed by atoms with Crippen molar-refractivity contribution in [2.24, 2.45) is 23.4 Å². The zero-order chi connectivity index (χ0) is 20.7. The Morgan fingerprint density at radius 1 is 1.38 bits per heavy atom. The van der Waals surface area contributed by atoms with Crippen molar-refractivity contribution in [2.45, 2.75) is 51.6 Å². The van der Waals surface area contributed by atoms with Gasteiger partial charge in [-0.2, -0.15) is 0 Å². The van der Waals surface area contributed by atoms with Gasteiger partial charge in [-0.1, -0.05) is 25.4 Å². The highest BCUT2D eigenvalue weighted by Gasteiger charge is 2.38.